The van der Waals surface area contributed by atoms with Gasteiger partial charge in [0.25, 0.3) is 0 Å². The second-order valence-corrected chi connectivity index (χ2v) is 5.12. The fourth-order valence-electron chi connectivity index (χ4n) is 1.76. The molecule has 0 radical (unpaired) electrons. The Hall–Kier alpha value is -0.780. The molecule has 0 bridgehead atoms. The molecule has 0 N–H and O–H groups in total. The Morgan fingerprint density at radius 1 is 1.07 bits per heavy atom. The highest BCUT2D eigenvalue weighted by atomic mass is 14.3. The highest BCUT2D eigenvalue weighted by Crippen LogP contribution is 2.34. The summed E-state index contributed by atoms with van der Waals surface area (Å²) in [6, 6.07) is 6.62. The lowest BCUT2D eigenvalue weighted by molar-refractivity contribution is 0.370. The van der Waals surface area contributed by atoms with Gasteiger partial charge in [0.05, 0.1) is 0 Å². The van der Waals surface area contributed by atoms with Crippen LogP contribution in [-0.4, -0.2) is 0 Å². The van der Waals surface area contributed by atoms with Crippen LogP contribution < -0.4 is 0 Å². The summed E-state index contributed by atoms with van der Waals surface area (Å²) >= 11 is 0. The molecule has 0 nitrogen and oxygen atoms in total. The van der Waals surface area contributed by atoms with Gasteiger partial charge in [-0.15, -0.1) is 0 Å². The fraction of sp³-hybridized carbons (Fsp3) is 0.571. The Labute approximate surface area is 88.4 Å². The molecule has 1 rings (SSSR count). The van der Waals surface area contributed by atoms with Crippen molar-refractivity contribution in [3.8, 4) is 0 Å². The maximum atomic E-state index is 2.33. The average Bonchev–Trinajstić information content (AvgIpc) is 2.09. The third kappa shape index (κ3) is 1.84. The molecule has 1 aromatic rings. The molecular weight excluding hydrogens is 168 g/mol. The zero-order valence-electron chi connectivity index (χ0n) is 10.3. The van der Waals surface area contributed by atoms with Crippen molar-refractivity contribution in [2.24, 2.45) is 5.92 Å². The van der Waals surface area contributed by atoms with Gasteiger partial charge in [-0.3, -0.25) is 0 Å². The zero-order valence-corrected chi connectivity index (χ0v) is 10.3. The van der Waals surface area contributed by atoms with Crippen LogP contribution in [0.25, 0.3) is 0 Å². The van der Waals surface area contributed by atoms with Crippen LogP contribution in [0.15, 0.2) is 18.2 Å². The molecule has 0 aromatic heterocycles. The molecule has 0 atom stereocenters. The van der Waals surface area contributed by atoms with Gasteiger partial charge in [0.15, 0.2) is 0 Å². The quantitative estimate of drug-likeness (QED) is 0.654. The SMILES string of the molecule is Cc1cccc(C(C)(C)C(C)C)c1C. The summed E-state index contributed by atoms with van der Waals surface area (Å²) in [5.41, 5.74) is 4.62. The lowest BCUT2D eigenvalue weighted by atomic mass is 9.73. The topological polar surface area (TPSA) is 0 Å². The standard InChI is InChI=1S/C14H22/c1-10(2)14(5,6)13-9-7-8-11(3)12(13)4/h7-10H,1-6H3. The molecule has 0 amide bonds. The summed E-state index contributed by atoms with van der Waals surface area (Å²) in [5, 5.41) is 0. The Bertz CT molecular complexity index is 319. The van der Waals surface area contributed by atoms with Crippen LogP contribution in [0.5, 0.6) is 0 Å². The van der Waals surface area contributed by atoms with E-state index in [2.05, 4.69) is 59.7 Å². The Morgan fingerprint density at radius 3 is 2.14 bits per heavy atom. The fourth-order valence-corrected chi connectivity index (χ4v) is 1.76. The second-order valence-electron chi connectivity index (χ2n) is 5.12. The van der Waals surface area contributed by atoms with Gasteiger partial charge in [0.1, 0.15) is 0 Å². The number of hydrogen-bond acceptors (Lipinski definition) is 0. The molecule has 0 aliphatic heterocycles. The van der Waals surface area contributed by atoms with Gasteiger partial charge < -0.3 is 0 Å². The van der Waals surface area contributed by atoms with E-state index in [1.54, 1.807) is 0 Å². The summed E-state index contributed by atoms with van der Waals surface area (Å²) in [6.07, 6.45) is 0. The monoisotopic (exact) mass is 190 g/mol. The van der Waals surface area contributed by atoms with E-state index in [1.807, 2.05) is 0 Å². The first-order valence-electron chi connectivity index (χ1n) is 5.44. The first-order valence-corrected chi connectivity index (χ1v) is 5.44. The van der Waals surface area contributed by atoms with E-state index in [0.717, 1.165) is 0 Å². The number of hydrogen-bond donors (Lipinski definition) is 0. The first-order chi connectivity index (χ1) is 6.37. The van der Waals surface area contributed by atoms with Crippen LogP contribution in [0, 0.1) is 19.8 Å². The smallest absolute Gasteiger partial charge is 0.00779 e. The lowest BCUT2D eigenvalue weighted by Crippen LogP contribution is -2.25. The van der Waals surface area contributed by atoms with E-state index < -0.39 is 0 Å². The molecule has 0 saturated carbocycles. The van der Waals surface area contributed by atoms with Crippen molar-refractivity contribution < 1.29 is 0 Å². The molecule has 0 aliphatic rings. The summed E-state index contributed by atoms with van der Waals surface area (Å²) in [6.45, 7) is 13.7. The lowest BCUT2D eigenvalue weighted by Gasteiger charge is -2.32. The minimum atomic E-state index is 0.274. The van der Waals surface area contributed by atoms with Gasteiger partial charge in [-0.25, -0.2) is 0 Å². The maximum Gasteiger partial charge on any atom is -0.00779 e. The predicted octanol–water partition coefficient (Wildman–Crippen LogP) is 4.24. The molecule has 1 aromatic carbocycles. The van der Waals surface area contributed by atoms with E-state index in [-0.39, 0.29) is 5.41 Å². The van der Waals surface area contributed by atoms with E-state index >= 15 is 0 Å². The number of aryl methyl sites for hydroxylation is 1. The molecular formula is C14H22. The summed E-state index contributed by atoms with van der Waals surface area (Å²) in [7, 11) is 0. The van der Waals surface area contributed by atoms with Crippen molar-refractivity contribution in [3.63, 3.8) is 0 Å². The highest BCUT2D eigenvalue weighted by Gasteiger charge is 2.26. The Morgan fingerprint density at radius 2 is 1.64 bits per heavy atom. The van der Waals surface area contributed by atoms with Crippen LogP contribution in [0.3, 0.4) is 0 Å². The van der Waals surface area contributed by atoms with Crippen molar-refractivity contribution in [1.29, 1.82) is 0 Å². The van der Waals surface area contributed by atoms with Gasteiger partial charge in [0.2, 0.25) is 0 Å². The number of benzene rings is 1. The van der Waals surface area contributed by atoms with Crippen molar-refractivity contribution in [2.45, 2.75) is 47.0 Å². The van der Waals surface area contributed by atoms with Crippen LogP contribution >= 0.6 is 0 Å². The van der Waals surface area contributed by atoms with Gasteiger partial charge in [-0.1, -0.05) is 45.9 Å². The summed E-state index contributed by atoms with van der Waals surface area (Å²) in [4.78, 5) is 0. The molecule has 0 unspecified atom stereocenters. The number of rotatable bonds is 2. The molecule has 0 heterocycles. The van der Waals surface area contributed by atoms with E-state index in [1.165, 1.54) is 16.7 Å². The molecule has 0 heteroatoms. The van der Waals surface area contributed by atoms with Crippen molar-refractivity contribution >= 4 is 0 Å². The molecule has 0 aliphatic carbocycles. The minimum absolute atomic E-state index is 0.274. The van der Waals surface area contributed by atoms with Crippen LogP contribution in [0.2, 0.25) is 0 Å². The summed E-state index contributed by atoms with van der Waals surface area (Å²) in [5.74, 6) is 0.669. The van der Waals surface area contributed by atoms with Gasteiger partial charge in [0, 0.05) is 0 Å². The van der Waals surface area contributed by atoms with Crippen molar-refractivity contribution in [2.75, 3.05) is 0 Å². The normalized spacial score (nSPS) is 12.2. The van der Waals surface area contributed by atoms with Crippen LogP contribution in [0.1, 0.15) is 44.4 Å². The van der Waals surface area contributed by atoms with Crippen molar-refractivity contribution in [3.05, 3.63) is 34.9 Å². The zero-order chi connectivity index (χ0) is 10.9. The molecule has 0 spiro atoms. The maximum absolute atomic E-state index is 2.33. The van der Waals surface area contributed by atoms with Gasteiger partial charge in [-0.05, 0) is 41.9 Å². The third-order valence-electron chi connectivity index (χ3n) is 3.74. The summed E-state index contributed by atoms with van der Waals surface area (Å²) < 4.78 is 0. The van der Waals surface area contributed by atoms with Crippen LogP contribution in [0.4, 0.5) is 0 Å². The Kier molecular flexibility index (Phi) is 3.04. The predicted molar refractivity (Wildman–Crippen MR) is 63.8 cm³/mol. The van der Waals surface area contributed by atoms with Gasteiger partial charge >= 0.3 is 0 Å². The molecule has 14 heavy (non-hydrogen) atoms. The minimum Gasteiger partial charge on any atom is -0.0619 e. The van der Waals surface area contributed by atoms with E-state index in [0.29, 0.717) is 5.92 Å². The largest absolute Gasteiger partial charge is 0.0619 e. The average molecular weight is 190 g/mol. The highest BCUT2D eigenvalue weighted by molar-refractivity contribution is 5.38. The third-order valence-corrected chi connectivity index (χ3v) is 3.74. The second kappa shape index (κ2) is 3.76. The van der Waals surface area contributed by atoms with E-state index in [9.17, 15) is 0 Å². The Balaban J connectivity index is 3.26. The first kappa shape index (κ1) is 11.3. The molecule has 0 fully saturated rings. The van der Waals surface area contributed by atoms with Crippen LogP contribution in [-0.2, 0) is 5.41 Å². The van der Waals surface area contributed by atoms with Crippen molar-refractivity contribution in [1.82, 2.24) is 0 Å². The molecule has 0 saturated heterocycles. The molecule has 78 valence electrons. The van der Waals surface area contributed by atoms with E-state index in [4.69, 9.17) is 0 Å². The van der Waals surface area contributed by atoms with Gasteiger partial charge in [-0.2, -0.15) is 0 Å².